The molecule has 0 nitrogen and oxygen atoms in total. The maximum Gasteiger partial charge on any atom is 0.417 e. The summed E-state index contributed by atoms with van der Waals surface area (Å²) in [5.74, 6) is 0. The highest BCUT2D eigenvalue weighted by Gasteiger charge is 2.44. The summed E-state index contributed by atoms with van der Waals surface area (Å²) in [6.07, 6.45) is -42.6. The molecule has 56 heavy (non-hydrogen) atoms. The van der Waals surface area contributed by atoms with Crippen LogP contribution in [0.25, 0.3) is 22.3 Å². The summed E-state index contributed by atoms with van der Waals surface area (Å²) in [5.41, 5.74) is -21.4. The van der Waals surface area contributed by atoms with Crippen LogP contribution in [0.2, 0.25) is 0 Å². The largest absolute Gasteiger partial charge is 0.417 e. The average molecular weight is 852 g/mol. The van der Waals surface area contributed by atoms with Gasteiger partial charge in [-0.25, -0.2) is 0 Å². The molecule has 0 amide bonds. The molecule has 0 heterocycles. The van der Waals surface area contributed by atoms with Crippen molar-refractivity contribution in [2.75, 3.05) is 0 Å². The Kier molecular flexibility index (Phi) is 11.9. The highest BCUT2D eigenvalue weighted by molar-refractivity contribution is 5.75. The number of alkyl halides is 24. The number of hydrogen-bond donors (Lipinski definition) is 0. The second kappa shape index (κ2) is 14.6. The first-order chi connectivity index (χ1) is 24.8. The van der Waals surface area contributed by atoms with E-state index in [1.54, 1.807) is 0 Å². The lowest BCUT2D eigenvalue weighted by molar-refractivity contribution is -0.142. The number of halogens is 24. The first-order valence-electron chi connectivity index (χ1n) is 14.0. The molecule has 0 aliphatic carbocycles. The summed E-state index contributed by atoms with van der Waals surface area (Å²) in [5, 5.41) is 0. The zero-order valence-electron chi connectivity index (χ0n) is 26.0. The summed E-state index contributed by atoms with van der Waals surface area (Å²) in [6, 6.07) is -1.61. The molecule has 24 heteroatoms. The number of hydrogen-bond acceptors (Lipinski definition) is 0. The van der Waals surface area contributed by atoms with Crippen molar-refractivity contribution in [2.24, 2.45) is 0 Å². The molecule has 0 spiro atoms. The van der Waals surface area contributed by atoms with Gasteiger partial charge in [0.25, 0.3) is 0 Å². The van der Waals surface area contributed by atoms with Gasteiger partial charge in [0.05, 0.1) is 44.5 Å². The van der Waals surface area contributed by atoms with Crippen LogP contribution in [0.3, 0.4) is 0 Å². The molecule has 4 rings (SSSR count). The van der Waals surface area contributed by atoms with Crippen molar-refractivity contribution in [2.45, 2.75) is 49.4 Å². The molecule has 0 atom stereocenters. The minimum Gasteiger partial charge on any atom is -0.166 e. The summed E-state index contributed by atoms with van der Waals surface area (Å²) < 4.78 is 312. The van der Waals surface area contributed by atoms with Crippen molar-refractivity contribution in [1.82, 2.24) is 0 Å². The molecule has 0 aliphatic heterocycles. The topological polar surface area (TPSA) is 0 Å². The monoisotopic (exact) mass is 852 g/mol. The molecular formula is C32H12F24. The smallest absolute Gasteiger partial charge is 0.166 e. The van der Waals surface area contributed by atoms with E-state index in [1.165, 1.54) is 0 Å². The molecule has 0 N–H and O–H groups in total. The molecule has 0 saturated carbocycles. The second-order valence-electron chi connectivity index (χ2n) is 11.0. The van der Waals surface area contributed by atoms with Gasteiger partial charge in [-0.15, -0.1) is 0 Å². The minimum absolute atomic E-state index is 0.0206. The van der Waals surface area contributed by atoms with Crippen LogP contribution in [-0.2, 0) is 49.4 Å². The quantitative estimate of drug-likeness (QED) is 0.176. The lowest BCUT2D eigenvalue weighted by atomic mass is 9.91. The number of rotatable bonds is 2. The summed E-state index contributed by atoms with van der Waals surface area (Å²) in [7, 11) is 0. The van der Waals surface area contributed by atoms with Crippen molar-refractivity contribution in [3.05, 3.63) is 117 Å². The summed E-state index contributed by atoms with van der Waals surface area (Å²) in [4.78, 5) is 0. The zero-order chi connectivity index (χ0) is 43.4. The fourth-order valence-corrected chi connectivity index (χ4v) is 4.76. The van der Waals surface area contributed by atoms with Gasteiger partial charge >= 0.3 is 49.4 Å². The van der Waals surface area contributed by atoms with Gasteiger partial charge in [-0.05, 0) is 95.1 Å². The van der Waals surface area contributed by atoms with E-state index in [-0.39, 0.29) is 72.8 Å². The highest BCUT2D eigenvalue weighted by Crippen LogP contribution is 2.48. The van der Waals surface area contributed by atoms with Crippen molar-refractivity contribution in [1.29, 1.82) is 0 Å². The molecule has 0 radical (unpaired) electrons. The van der Waals surface area contributed by atoms with Crippen LogP contribution in [0, 0.1) is 0 Å². The van der Waals surface area contributed by atoms with Crippen LogP contribution in [0.15, 0.2) is 72.8 Å². The molecular weight excluding hydrogens is 840 g/mol. The van der Waals surface area contributed by atoms with E-state index < -0.39 is 116 Å². The molecule has 0 aromatic heterocycles. The van der Waals surface area contributed by atoms with Gasteiger partial charge in [0.15, 0.2) is 0 Å². The van der Waals surface area contributed by atoms with Crippen molar-refractivity contribution in [3.63, 3.8) is 0 Å². The van der Waals surface area contributed by atoms with Gasteiger partial charge in [0.2, 0.25) is 0 Å². The van der Waals surface area contributed by atoms with Crippen molar-refractivity contribution < 1.29 is 105 Å². The van der Waals surface area contributed by atoms with Gasteiger partial charge in [0.1, 0.15) is 0 Å². The van der Waals surface area contributed by atoms with Crippen LogP contribution in [0.4, 0.5) is 105 Å². The Hall–Kier alpha value is -4.80. The zero-order valence-corrected chi connectivity index (χ0v) is 26.0. The maximum absolute atomic E-state index is 13.1. The molecule has 0 aliphatic rings. The fraction of sp³-hybridized carbons (Fsp3) is 0.250. The van der Waals surface area contributed by atoms with Crippen LogP contribution < -0.4 is 0 Å². The predicted molar refractivity (Wildman–Crippen MR) is 144 cm³/mol. The maximum atomic E-state index is 13.1. The normalized spacial score (nSPS) is 13.7. The van der Waals surface area contributed by atoms with Crippen molar-refractivity contribution >= 4 is 0 Å². The first-order valence-corrected chi connectivity index (χ1v) is 14.0. The van der Waals surface area contributed by atoms with Gasteiger partial charge in [0, 0.05) is 0 Å². The first kappa shape index (κ1) is 45.6. The second-order valence-corrected chi connectivity index (χ2v) is 11.0. The van der Waals surface area contributed by atoms with Crippen LogP contribution >= 0.6 is 0 Å². The van der Waals surface area contributed by atoms with Gasteiger partial charge in [-0.2, -0.15) is 105 Å². The van der Waals surface area contributed by atoms with Crippen LogP contribution in [-0.4, -0.2) is 0 Å². The molecule has 0 unspecified atom stereocenters. The Labute approximate surface area is 295 Å². The third kappa shape index (κ3) is 10.7. The Morgan fingerprint density at radius 3 is 0.446 bits per heavy atom. The predicted octanol–water partition coefficient (Wildman–Crippen LogP) is 14.9. The van der Waals surface area contributed by atoms with E-state index in [9.17, 15) is 105 Å². The molecule has 4 aromatic carbocycles. The van der Waals surface area contributed by atoms with Crippen LogP contribution in [0.1, 0.15) is 44.5 Å². The van der Waals surface area contributed by atoms with Crippen molar-refractivity contribution in [3.8, 4) is 22.3 Å². The SMILES string of the molecule is FC(F)(F)c1ccc(C(F)(F)F)c(-c2cc(C(F)(F)F)ccc2C(F)(F)F)c1.FC(F)(F)c1ccc(C(F)(F)F)c(-c2cc(C(F)(F)F)ccc2C(F)(F)F)c1. The van der Waals surface area contributed by atoms with Gasteiger partial charge < -0.3 is 0 Å². The Bertz CT molecular complexity index is 1730. The van der Waals surface area contributed by atoms with E-state index in [2.05, 4.69) is 0 Å². The molecule has 0 bridgehead atoms. The van der Waals surface area contributed by atoms with E-state index in [0.717, 1.165) is 0 Å². The van der Waals surface area contributed by atoms with Gasteiger partial charge in [-0.3, -0.25) is 0 Å². The third-order valence-electron chi connectivity index (χ3n) is 7.19. The Morgan fingerprint density at radius 1 is 0.196 bits per heavy atom. The standard InChI is InChI=1S/2C16H6F12/c2*17-13(18,19)7-1-3-11(15(23,24)25)9(5-7)10-6-8(14(20,21)22)2-4-12(10)16(26,27)28/h2*1-6H. The lowest BCUT2D eigenvalue weighted by Gasteiger charge is -2.20. The van der Waals surface area contributed by atoms with Gasteiger partial charge in [-0.1, -0.05) is 0 Å². The molecule has 0 fully saturated rings. The summed E-state index contributed by atoms with van der Waals surface area (Å²) in [6.45, 7) is 0. The highest BCUT2D eigenvalue weighted by atomic mass is 19.4. The molecule has 4 aromatic rings. The lowest BCUT2D eigenvalue weighted by Crippen LogP contribution is -2.15. The van der Waals surface area contributed by atoms with E-state index in [4.69, 9.17) is 0 Å². The van der Waals surface area contributed by atoms with Crippen LogP contribution in [0.5, 0.6) is 0 Å². The van der Waals surface area contributed by atoms with E-state index in [1.807, 2.05) is 0 Å². The summed E-state index contributed by atoms with van der Waals surface area (Å²) >= 11 is 0. The third-order valence-corrected chi connectivity index (χ3v) is 7.19. The number of benzene rings is 4. The average Bonchev–Trinajstić information content (AvgIpc) is 3.00. The Balaban J connectivity index is 0.000000300. The Morgan fingerprint density at radius 2 is 0.339 bits per heavy atom. The fourth-order valence-electron chi connectivity index (χ4n) is 4.76. The van der Waals surface area contributed by atoms with E-state index >= 15 is 0 Å². The minimum atomic E-state index is -5.42. The van der Waals surface area contributed by atoms with E-state index in [0.29, 0.717) is 0 Å². The molecule has 0 saturated heterocycles. The molecule has 308 valence electrons.